The Morgan fingerprint density at radius 1 is 1.30 bits per heavy atom. The summed E-state index contributed by atoms with van der Waals surface area (Å²) in [6.07, 6.45) is 2.37. The Bertz CT molecular complexity index is 395. The van der Waals surface area contributed by atoms with Crippen molar-refractivity contribution in [2.24, 2.45) is 0 Å². The van der Waals surface area contributed by atoms with E-state index < -0.39 is 0 Å². The highest BCUT2D eigenvalue weighted by Gasteiger charge is 2.17. The Hall–Kier alpha value is -0.670. The summed E-state index contributed by atoms with van der Waals surface area (Å²) in [4.78, 5) is 0. The molecule has 2 atom stereocenters. The number of methoxy groups -OCH3 is 1. The van der Waals surface area contributed by atoms with Crippen molar-refractivity contribution >= 4 is 11.8 Å². The van der Waals surface area contributed by atoms with Crippen molar-refractivity contribution in [1.29, 1.82) is 0 Å². The fourth-order valence-electron chi connectivity index (χ4n) is 2.08. The van der Waals surface area contributed by atoms with E-state index in [1.54, 1.807) is 7.11 Å². The van der Waals surface area contributed by atoms with Crippen LogP contribution in [0.15, 0.2) is 18.2 Å². The van der Waals surface area contributed by atoms with Gasteiger partial charge in [0, 0.05) is 22.6 Å². The monoisotopic (exact) mass is 295 g/mol. The van der Waals surface area contributed by atoms with Crippen molar-refractivity contribution in [3.05, 3.63) is 29.3 Å². The van der Waals surface area contributed by atoms with E-state index in [0.29, 0.717) is 11.3 Å². The molecule has 1 aromatic carbocycles. The first kappa shape index (κ1) is 17.4. The van der Waals surface area contributed by atoms with E-state index in [-0.39, 0.29) is 0 Å². The number of hydrogen-bond donors (Lipinski definition) is 1. The van der Waals surface area contributed by atoms with Gasteiger partial charge < -0.3 is 10.1 Å². The lowest BCUT2D eigenvalue weighted by molar-refractivity contribution is 0.402. The first-order chi connectivity index (χ1) is 9.62. The maximum Gasteiger partial charge on any atom is 0.123 e. The predicted octanol–water partition coefficient (Wildman–Crippen LogP) is 4.58. The van der Waals surface area contributed by atoms with E-state index in [4.69, 9.17) is 4.74 Å². The quantitative estimate of drug-likeness (QED) is 0.720. The zero-order valence-electron chi connectivity index (χ0n) is 13.5. The molecule has 1 N–H and O–H groups in total. The number of aryl methyl sites for hydroxylation is 1. The van der Waals surface area contributed by atoms with Crippen LogP contribution in [-0.4, -0.2) is 24.7 Å². The van der Waals surface area contributed by atoms with Gasteiger partial charge in [-0.1, -0.05) is 38.5 Å². The normalized spacial score (nSPS) is 14.1. The molecule has 0 aliphatic heterocycles. The molecule has 2 unspecified atom stereocenters. The molecule has 0 fully saturated rings. The fraction of sp³-hybridized carbons (Fsp3) is 0.647. The van der Waals surface area contributed by atoms with Gasteiger partial charge in [-0.3, -0.25) is 0 Å². The highest BCUT2D eigenvalue weighted by molar-refractivity contribution is 7.99. The molecular weight excluding hydrogens is 266 g/mol. The van der Waals surface area contributed by atoms with Crippen LogP contribution >= 0.6 is 11.8 Å². The van der Waals surface area contributed by atoms with Gasteiger partial charge >= 0.3 is 0 Å². The molecule has 0 aliphatic rings. The Kier molecular flexibility index (Phi) is 8.08. The van der Waals surface area contributed by atoms with Gasteiger partial charge in [0.05, 0.1) is 7.11 Å². The van der Waals surface area contributed by atoms with Crippen molar-refractivity contribution < 1.29 is 4.74 Å². The van der Waals surface area contributed by atoms with Gasteiger partial charge in [-0.05, 0) is 32.4 Å². The van der Waals surface area contributed by atoms with E-state index in [9.17, 15) is 0 Å². The summed E-state index contributed by atoms with van der Waals surface area (Å²) in [5, 5.41) is 4.37. The molecule has 0 saturated carbocycles. The Morgan fingerprint density at radius 3 is 2.65 bits per heavy atom. The van der Waals surface area contributed by atoms with Crippen LogP contribution in [-0.2, 0) is 0 Å². The summed E-state index contributed by atoms with van der Waals surface area (Å²) < 4.78 is 5.55. The lowest BCUT2D eigenvalue weighted by atomic mass is 10.0. The van der Waals surface area contributed by atoms with Crippen molar-refractivity contribution in [3.63, 3.8) is 0 Å². The second-order valence-electron chi connectivity index (χ2n) is 5.30. The smallest absolute Gasteiger partial charge is 0.123 e. The van der Waals surface area contributed by atoms with Gasteiger partial charge in [0.2, 0.25) is 0 Å². The molecule has 1 rings (SSSR count). The number of thioether (sulfide) groups is 1. The number of ether oxygens (including phenoxy) is 1. The van der Waals surface area contributed by atoms with E-state index in [0.717, 1.165) is 24.5 Å². The number of nitrogens with one attached hydrogen (secondary N) is 1. The summed E-state index contributed by atoms with van der Waals surface area (Å²) in [5.41, 5.74) is 2.58. The maximum atomic E-state index is 5.55. The molecule has 0 radical (unpaired) electrons. The number of rotatable bonds is 9. The summed E-state index contributed by atoms with van der Waals surface area (Å²) >= 11 is 2.04. The molecule has 0 amide bonds. The third kappa shape index (κ3) is 5.37. The van der Waals surface area contributed by atoms with Crippen molar-refractivity contribution in [2.75, 3.05) is 19.4 Å². The molecule has 114 valence electrons. The maximum absolute atomic E-state index is 5.55. The Morgan fingerprint density at radius 2 is 2.05 bits per heavy atom. The number of hydrogen-bond acceptors (Lipinski definition) is 3. The van der Waals surface area contributed by atoms with Crippen LogP contribution in [0.2, 0.25) is 0 Å². The molecule has 0 saturated heterocycles. The van der Waals surface area contributed by atoms with Gasteiger partial charge in [0.15, 0.2) is 0 Å². The fourth-order valence-corrected chi connectivity index (χ4v) is 3.14. The summed E-state index contributed by atoms with van der Waals surface area (Å²) in [6, 6.07) is 6.81. The summed E-state index contributed by atoms with van der Waals surface area (Å²) in [5.74, 6) is 2.09. The molecule has 0 bridgehead atoms. The molecule has 1 aromatic rings. The highest BCUT2D eigenvalue weighted by atomic mass is 32.2. The third-order valence-electron chi connectivity index (χ3n) is 3.52. The zero-order chi connectivity index (χ0) is 15.0. The summed E-state index contributed by atoms with van der Waals surface area (Å²) in [7, 11) is 1.76. The lowest BCUT2D eigenvalue weighted by Crippen LogP contribution is -2.25. The molecular formula is C17H29NOS. The van der Waals surface area contributed by atoms with Crippen LogP contribution in [0.25, 0.3) is 0 Å². The van der Waals surface area contributed by atoms with Crippen LogP contribution in [0, 0.1) is 6.92 Å². The van der Waals surface area contributed by atoms with Crippen LogP contribution < -0.4 is 10.1 Å². The average Bonchev–Trinajstić information content (AvgIpc) is 2.47. The first-order valence-corrected chi connectivity index (χ1v) is 8.66. The van der Waals surface area contributed by atoms with Crippen molar-refractivity contribution in [2.45, 2.75) is 51.8 Å². The Balaban J connectivity index is 2.88. The minimum atomic E-state index is 0.365. The topological polar surface area (TPSA) is 21.3 Å². The molecule has 3 heteroatoms. The zero-order valence-corrected chi connectivity index (χ0v) is 14.3. The molecule has 0 aromatic heterocycles. The van der Waals surface area contributed by atoms with Crippen LogP contribution in [0.4, 0.5) is 0 Å². The van der Waals surface area contributed by atoms with Gasteiger partial charge in [0.1, 0.15) is 5.75 Å². The first-order valence-electron chi connectivity index (χ1n) is 7.61. The molecule has 0 aliphatic carbocycles. The van der Waals surface area contributed by atoms with Crippen LogP contribution in [0.5, 0.6) is 5.75 Å². The van der Waals surface area contributed by atoms with Gasteiger partial charge in [-0.15, -0.1) is 0 Å². The Labute approximate surface area is 128 Å². The van der Waals surface area contributed by atoms with Crippen LogP contribution in [0.1, 0.15) is 50.8 Å². The molecule has 20 heavy (non-hydrogen) atoms. The minimum Gasteiger partial charge on any atom is -0.496 e. The highest BCUT2D eigenvalue weighted by Crippen LogP contribution is 2.30. The van der Waals surface area contributed by atoms with E-state index in [2.05, 4.69) is 51.2 Å². The molecule has 2 nitrogen and oxygen atoms in total. The minimum absolute atomic E-state index is 0.365. The summed E-state index contributed by atoms with van der Waals surface area (Å²) in [6.45, 7) is 9.94. The predicted molar refractivity (Wildman–Crippen MR) is 91.0 cm³/mol. The number of benzene rings is 1. The molecule has 0 heterocycles. The lowest BCUT2D eigenvalue weighted by Gasteiger charge is -2.23. The second kappa shape index (κ2) is 9.30. The average molecular weight is 295 g/mol. The third-order valence-corrected chi connectivity index (χ3v) is 4.95. The second-order valence-corrected chi connectivity index (χ2v) is 6.78. The van der Waals surface area contributed by atoms with E-state index in [1.807, 2.05) is 11.8 Å². The van der Waals surface area contributed by atoms with Crippen LogP contribution in [0.3, 0.4) is 0 Å². The molecule has 0 spiro atoms. The SMILES string of the molecule is CCCNC(CSC(C)CC)c1cc(C)ccc1OC. The van der Waals surface area contributed by atoms with Crippen molar-refractivity contribution in [1.82, 2.24) is 5.32 Å². The van der Waals surface area contributed by atoms with Gasteiger partial charge in [-0.25, -0.2) is 0 Å². The standard InChI is InChI=1S/C17H29NOS/c1-6-10-18-16(12-20-14(4)7-2)15-11-13(3)8-9-17(15)19-5/h8-9,11,14,16,18H,6-7,10,12H2,1-5H3. The van der Waals surface area contributed by atoms with Crippen molar-refractivity contribution in [3.8, 4) is 5.75 Å². The van der Waals surface area contributed by atoms with Gasteiger partial charge in [0.25, 0.3) is 0 Å². The largest absolute Gasteiger partial charge is 0.496 e. The van der Waals surface area contributed by atoms with E-state index in [1.165, 1.54) is 17.5 Å². The van der Waals surface area contributed by atoms with E-state index >= 15 is 0 Å². The van der Waals surface area contributed by atoms with Gasteiger partial charge in [-0.2, -0.15) is 11.8 Å².